The third kappa shape index (κ3) is 4.08. The smallest absolute Gasteiger partial charge is 0.125 e. The van der Waals surface area contributed by atoms with Gasteiger partial charge in [0.25, 0.3) is 0 Å². The lowest BCUT2D eigenvalue weighted by Crippen LogP contribution is -2.29. The van der Waals surface area contributed by atoms with Crippen molar-refractivity contribution in [3.63, 3.8) is 0 Å². The molecule has 0 atom stereocenters. The molecule has 2 aliphatic rings. The second-order valence-electron chi connectivity index (χ2n) is 5.31. The lowest BCUT2D eigenvalue weighted by atomic mass is 9.85. The van der Waals surface area contributed by atoms with Gasteiger partial charge in [0.1, 0.15) is 5.60 Å². The fourth-order valence-corrected chi connectivity index (χ4v) is 2.69. The van der Waals surface area contributed by atoms with Gasteiger partial charge >= 0.3 is 0 Å². The summed E-state index contributed by atoms with van der Waals surface area (Å²) >= 11 is 0. The first-order chi connectivity index (χ1) is 8.29. The number of hydrogen-bond acceptors (Lipinski definition) is 1. The Bertz CT molecular complexity index is 360. The maximum absolute atomic E-state index is 10.2. The molecule has 1 heteroatoms. The molecule has 0 spiro atoms. The molecule has 0 aromatic carbocycles. The SMILES string of the molecule is OC1(C#CC=C=C2CCCCC2)CCCCC1. The zero-order valence-electron chi connectivity index (χ0n) is 10.6. The van der Waals surface area contributed by atoms with Crippen molar-refractivity contribution in [3.05, 3.63) is 17.4 Å². The summed E-state index contributed by atoms with van der Waals surface area (Å²) in [5.41, 5.74) is 3.97. The van der Waals surface area contributed by atoms with Crippen molar-refractivity contribution in [1.82, 2.24) is 0 Å². The molecule has 2 aliphatic carbocycles. The van der Waals surface area contributed by atoms with Gasteiger partial charge in [-0.15, -0.1) is 5.73 Å². The fourth-order valence-electron chi connectivity index (χ4n) is 2.69. The molecule has 0 aliphatic heterocycles. The predicted octanol–water partition coefficient (Wildman–Crippen LogP) is 3.73. The van der Waals surface area contributed by atoms with Gasteiger partial charge in [0.05, 0.1) is 0 Å². The van der Waals surface area contributed by atoms with Gasteiger partial charge in [-0.25, -0.2) is 0 Å². The summed E-state index contributed by atoms with van der Waals surface area (Å²) in [4.78, 5) is 0. The van der Waals surface area contributed by atoms with E-state index in [-0.39, 0.29) is 0 Å². The number of hydrogen-bond donors (Lipinski definition) is 1. The van der Waals surface area contributed by atoms with Gasteiger partial charge in [-0.3, -0.25) is 0 Å². The predicted molar refractivity (Wildman–Crippen MR) is 70.5 cm³/mol. The van der Waals surface area contributed by atoms with E-state index in [9.17, 15) is 5.11 Å². The van der Waals surface area contributed by atoms with Crippen molar-refractivity contribution in [2.45, 2.75) is 69.8 Å². The largest absolute Gasteiger partial charge is 0.378 e. The Kier molecular flexibility index (Phi) is 4.49. The summed E-state index contributed by atoms with van der Waals surface area (Å²) < 4.78 is 0. The van der Waals surface area contributed by atoms with Crippen LogP contribution in [0.4, 0.5) is 0 Å². The highest BCUT2D eigenvalue weighted by Crippen LogP contribution is 2.27. The third-order valence-electron chi connectivity index (χ3n) is 3.79. The highest BCUT2D eigenvalue weighted by molar-refractivity contribution is 5.24. The van der Waals surface area contributed by atoms with Crippen LogP contribution in [0.15, 0.2) is 17.4 Å². The fraction of sp³-hybridized carbons (Fsp3) is 0.688. The van der Waals surface area contributed by atoms with Crippen LogP contribution in [-0.4, -0.2) is 10.7 Å². The van der Waals surface area contributed by atoms with E-state index in [0.29, 0.717) is 0 Å². The van der Waals surface area contributed by atoms with Gasteiger partial charge in [-0.1, -0.05) is 24.7 Å². The van der Waals surface area contributed by atoms with E-state index in [1.807, 2.05) is 6.08 Å². The highest BCUT2D eigenvalue weighted by Gasteiger charge is 2.26. The summed E-state index contributed by atoms with van der Waals surface area (Å²) in [5.74, 6) is 6.00. The molecule has 0 heterocycles. The summed E-state index contributed by atoms with van der Waals surface area (Å²) in [5, 5.41) is 10.2. The Morgan fingerprint density at radius 1 is 0.941 bits per heavy atom. The van der Waals surface area contributed by atoms with Crippen LogP contribution in [0.2, 0.25) is 0 Å². The number of rotatable bonds is 0. The Morgan fingerprint density at radius 2 is 1.59 bits per heavy atom. The van der Waals surface area contributed by atoms with Crippen LogP contribution >= 0.6 is 0 Å². The van der Waals surface area contributed by atoms with Crippen molar-refractivity contribution in [2.75, 3.05) is 0 Å². The second-order valence-corrected chi connectivity index (χ2v) is 5.31. The monoisotopic (exact) mass is 230 g/mol. The topological polar surface area (TPSA) is 20.2 Å². The van der Waals surface area contributed by atoms with Gasteiger partial charge < -0.3 is 5.11 Å². The Morgan fingerprint density at radius 3 is 2.29 bits per heavy atom. The molecular formula is C16H22O. The van der Waals surface area contributed by atoms with Crippen molar-refractivity contribution < 1.29 is 5.11 Å². The summed E-state index contributed by atoms with van der Waals surface area (Å²) in [6.07, 6.45) is 13.3. The molecule has 0 radical (unpaired) electrons. The molecule has 0 amide bonds. The van der Waals surface area contributed by atoms with E-state index >= 15 is 0 Å². The molecular weight excluding hydrogens is 208 g/mol. The maximum Gasteiger partial charge on any atom is 0.125 e. The average Bonchev–Trinajstić information content (AvgIpc) is 2.37. The molecule has 0 unspecified atom stereocenters. The van der Waals surface area contributed by atoms with Crippen molar-refractivity contribution in [3.8, 4) is 11.8 Å². The minimum atomic E-state index is -0.715. The van der Waals surface area contributed by atoms with E-state index in [1.54, 1.807) is 0 Å². The number of aliphatic hydroxyl groups is 1. The molecule has 2 fully saturated rings. The zero-order chi connectivity index (χ0) is 12.0. The van der Waals surface area contributed by atoms with Gasteiger partial charge in [-0.2, -0.15) is 0 Å². The van der Waals surface area contributed by atoms with Crippen LogP contribution in [0.1, 0.15) is 64.2 Å². The summed E-state index contributed by atoms with van der Waals surface area (Å²) in [6.45, 7) is 0. The van der Waals surface area contributed by atoms with E-state index in [4.69, 9.17) is 0 Å². The molecule has 17 heavy (non-hydrogen) atoms. The minimum Gasteiger partial charge on any atom is -0.378 e. The Balaban J connectivity index is 1.94. The second kappa shape index (κ2) is 6.10. The molecule has 1 nitrogen and oxygen atoms in total. The van der Waals surface area contributed by atoms with E-state index < -0.39 is 5.60 Å². The summed E-state index contributed by atoms with van der Waals surface area (Å²) in [7, 11) is 0. The van der Waals surface area contributed by atoms with Crippen LogP contribution < -0.4 is 0 Å². The maximum atomic E-state index is 10.2. The van der Waals surface area contributed by atoms with Gasteiger partial charge in [-0.05, 0) is 56.9 Å². The molecule has 1 N–H and O–H groups in total. The molecule has 0 bridgehead atoms. The standard InChI is InChI=1S/C16H22O/c17-16(12-6-2-7-13-16)14-8-5-11-15-9-3-1-4-10-15/h5,17H,1-4,6-7,9-10,12-13H2. The van der Waals surface area contributed by atoms with Crippen molar-refractivity contribution >= 4 is 0 Å². The van der Waals surface area contributed by atoms with Crippen LogP contribution in [-0.2, 0) is 0 Å². The first-order valence-electron chi connectivity index (χ1n) is 6.97. The molecule has 0 aromatic rings. The molecule has 0 aromatic heterocycles. The minimum absolute atomic E-state index is 0.715. The van der Waals surface area contributed by atoms with E-state index in [0.717, 1.165) is 25.7 Å². The highest BCUT2D eigenvalue weighted by atomic mass is 16.3. The van der Waals surface area contributed by atoms with E-state index in [2.05, 4.69) is 17.6 Å². The lowest BCUT2D eigenvalue weighted by Gasteiger charge is -2.26. The number of allylic oxidation sites excluding steroid dienone is 1. The zero-order valence-corrected chi connectivity index (χ0v) is 10.6. The molecule has 0 saturated heterocycles. The van der Waals surface area contributed by atoms with Crippen LogP contribution in [0.5, 0.6) is 0 Å². The quantitative estimate of drug-likeness (QED) is 0.496. The van der Waals surface area contributed by atoms with Crippen LogP contribution in [0, 0.1) is 11.8 Å². The summed E-state index contributed by atoms with van der Waals surface area (Å²) in [6, 6.07) is 0. The first-order valence-corrected chi connectivity index (χ1v) is 6.97. The van der Waals surface area contributed by atoms with Crippen LogP contribution in [0.3, 0.4) is 0 Å². The van der Waals surface area contributed by atoms with Gasteiger partial charge in [0.2, 0.25) is 0 Å². The molecule has 92 valence electrons. The normalized spacial score (nSPS) is 23.2. The third-order valence-corrected chi connectivity index (χ3v) is 3.79. The lowest BCUT2D eigenvalue weighted by molar-refractivity contribution is 0.0610. The van der Waals surface area contributed by atoms with Gasteiger partial charge in [0.15, 0.2) is 0 Å². The average molecular weight is 230 g/mol. The van der Waals surface area contributed by atoms with Crippen LogP contribution in [0.25, 0.3) is 0 Å². The van der Waals surface area contributed by atoms with Crippen molar-refractivity contribution in [1.29, 1.82) is 0 Å². The van der Waals surface area contributed by atoms with Crippen molar-refractivity contribution in [2.24, 2.45) is 0 Å². The first kappa shape index (κ1) is 12.5. The Labute approximate surface area is 105 Å². The molecule has 2 rings (SSSR count). The Hall–Kier alpha value is -0.960. The van der Waals surface area contributed by atoms with E-state index in [1.165, 1.54) is 44.1 Å². The molecule has 2 saturated carbocycles. The van der Waals surface area contributed by atoms with Gasteiger partial charge in [0, 0.05) is 6.08 Å².